The largest absolute Gasteiger partial charge is 0.465 e. The molecule has 2 aromatic rings. The molecule has 4 nitrogen and oxygen atoms in total. The number of likely N-dealkylation sites (tertiary alicyclic amines) is 1. The number of benzene rings is 2. The van der Waals surface area contributed by atoms with Gasteiger partial charge in [-0.25, -0.2) is 9.18 Å². The SMILES string of the molecule is COC(=O)c1cc(NC2CC(C)N(Cc3ccccc3)C2)ccc1F. The third-order valence-electron chi connectivity index (χ3n) is 4.67. The molecule has 0 aromatic heterocycles. The summed E-state index contributed by atoms with van der Waals surface area (Å²) < 4.78 is 18.4. The third kappa shape index (κ3) is 4.17. The van der Waals surface area contributed by atoms with E-state index in [0.29, 0.717) is 6.04 Å². The minimum Gasteiger partial charge on any atom is -0.465 e. The molecule has 0 spiro atoms. The number of hydrogen-bond acceptors (Lipinski definition) is 4. The number of ether oxygens (including phenoxy) is 1. The van der Waals surface area contributed by atoms with Gasteiger partial charge in [0.05, 0.1) is 12.7 Å². The molecule has 25 heavy (non-hydrogen) atoms. The molecule has 1 aliphatic heterocycles. The third-order valence-corrected chi connectivity index (χ3v) is 4.67. The summed E-state index contributed by atoms with van der Waals surface area (Å²) in [4.78, 5) is 14.1. The molecular weight excluding hydrogens is 319 g/mol. The first-order valence-corrected chi connectivity index (χ1v) is 8.49. The lowest BCUT2D eigenvalue weighted by Gasteiger charge is -2.21. The van der Waals surface area contributed by atoms with Gasteiger partial charge in [-0.3, -0.25) is 4.90 Å². The highest BCUT2D eigenvalue weighted by atomic mass is 19.1. The van der Waals surface area contributed by atoms with Crippen molar-refractivity contribution in [1.29, 1.82) is 0 Å². The van der Waals surface area contributed by atoms with Crippen molar-refractivity contribution in [1.82, 2.24) is 4.90 Å². The van der Waals surface area contributed by atoms with Crippen LogP contribution in [-0.2, 0) is 11.3 Å². The standard InChI is InChI=1S/C20H23FN2O2/c1-14-10-17(13-23(14)12-15-6-4-3-5-7-15)22-16-8-9-19(21)18(11-16)20(24)25-2/h3-9,11,14,17,22H,10,12-13H2,1-2H3. The van der Waals surface area contributed by atoms with Crippen molar-refractivity contribution >= 4 is 11.7 Å². The Kier molecular flexibility index (Phi) is 5.34. The van der Waals surface area contributed by atoms with Crippen LogP contribution in [0.4, 0.5) is 10.1 Å². The second-order valence-electron chi connectivity index (χ2n) is 6.53. The Bertz CT molecular complexity index is 736. The molecule has 0 saturated carbocycles. The van der Waals surface area contributed by atoms with Crippen LogP contribution < -0.4 is 5.32 Å². The molecule has 0 amide bonds. The van der Waals surface area contributed by atoms with E-state index in [1.54, 1.807) is 6.07 Å². The summed E-state index contributed by atoms with van der Waals surface area (Å²) in [5, 5.41) is 3.42. The highest BCUT2D eigenvalue weighted by Gasteiger charge is 2.29. The second-order valence-corrected chi connectivity index (χ2v) is 6.53. The van der Waals surface area contributed by atoms with Crippen molar-refractivity contribution < 1.29 is 13.9 Å². The molecule has 2 aromatic carbocycles. The van der Waals surface area contributed by atoms with Crippen LogP contribution in [-0.4, -0.2) is 36.6 Å². The van der Waals surface area contributed by atoms with E-state index in [1.165, 1.54) is 24.8 Å². The first-order chi connectivity index (χ1) is 12.1. The average molecular weight is 342 g/mol. The number of halogens is 1. The number of carbonyl (C=O) groups is 1. The summed E-state index contributed by atoms with van der Waals surface area (Å²) in [7, 11) is 1.25. The van der Waals surface area contributed by atoms with Gasteiger partial charge in [0.2, 0.25) is 0 Å². The molecule has 1 aliphatic rings. The maximum atomic E-state index is 13.8. The van der Waals surface area contributed by atoms with Gasteiger partial charge in [-0.2, -0.15) is 0 Å². The average Bonchev–Trinajstić information content (AvgIpc) is 2.96. The molecule has 2 unspecified atom stereocenters. The lowest BCUT2D eigenvalue weighted by atomic mass is 10.1. The molecule has 1 fully saturated rings. The Balaban J connectivity index is 1.65. The van der Waals surface area contributed by atoms with Gasteiger partial charge in [0, 0.05) is 30.9 Å². The number of nitrogens with zero attached hydrogens (tertiary/aromatic N) is 1. The Morgan fingerprint density at radius 3 is 2.76 bits per heavy atom. The van der Waals surface area contributed by atoms with Crippen molar-refractivity contribution in [2.45, 2.75) is 32.0 Å². The molecule has 0 radical (unpaired) electrons. The van der Waals surface area contributed by atoms with Gasteiger partial charge in [0.15, 0.2) is 0 Å². The van der Waals surface area contributed by atoms with Crippen LogP contribution in [0.2, 0.25) is 0 Å². The minimum atomic E-state index is -0.661. The Morgan fingerprint density at radius 2 is 2.04 bits per heavy atom. The van der Waals surface area contributed by atoms with E-state index < -0.39 is 11.8 Å². The fourth-order valence-electron chi connectivity index (χ4n) is 3.36. The quantitative estimate of drug-likeness (QED) is 0.842. The Hall–Kier alpha value is -2.40. The van der Waals surface area contributed by atoms with E-state index in [1.807, 2.05) is 6.07 Å². The van der Waals surface area contributed by atoms with Gasteiger partial charge in [0.25, 0.3) is 0 Å². The molecule has 3 rings (SSSR count). The first kappa shape index (κ1) is 17.4. The van der Waals surface area contributed by atoms with E-state index in [-0.39, 0.29) is 11.6 Å². The zero-order valence-corrected chi connectivity index (χ0v) is 14.5. The molecule has 1 N–H and O–H groups in total. The van der Waals surface area contributed by atoms with E-state index in [9.17, 15) is 9.18 Å². The van der Waals surface area contributed by atoms with Crippen LogP contribution in [0.3, 0.4) is 0 Å². The number of esters is 1. The molecule has 1 heterocycles. The predicted molar refractivity (Wildman–Crippen MR) is 96.1 cm³/mol. The fraction of sp³-hybridized carbons (Fsp3) is 0.350. The second kappa shape index (κ2) is 7.66. The lowest BCUT2D eigenvalue weighted by molar-refractivity contribution is 0.0595. The van der Waals surface area contributed by atoms with Crippen LogP contribution in [0.1, 0.15) is 29.3 Å². The number of hydrogen-bond donors (Lipinski definition) is 1. The number of nitrogens with one attached hydrogen (secondary N) is 1. The highest BCUT2D eigenvalue weighted by Crippen LogP contribution is 2.24. The van der Waals surface area contributed by atoms with Gasteiger partial charge in [-0.05, 0) is 37.1 Å². The summed E-state index contributed by atoms with van der Waals surface area (Å²) in [5.41, 5.74) is 1.99. The maximum Gasteiger partial charge on any atom is 0.340 e. The van der Waals surface area contributed by atoms with Crippen LogP contribution in [0, 0.1) is 5.82 Å². The van der Waals surface area contributed by atoms with Gasteiger partial charge in [-0.1, -0.05) is 30.3 Å². The van der Waals surface area contributed by atoms with Crippen LogP contribution in [0.25, 0.3) is 0 Å². The van der Waals surface area contributed by atoms with Crippen LogP contribution >= 0.6 is 0 Å². The number of anilines is 1. The summed E-state index contributed by atoms with van der Waals surface area (Å²) in [5.74, 6) is -1.23. The number of carbonyl (C=O) groups excluding carboxylic acids is 1. The minimum absolute atomic E-state index is 0.0420. The summed E-state index contributed by atoms with van der Waals surface area (Å²) in [6.07, 6.45) is 0.998. The van der Waals surface area contributed by atoms with Crippen molar-refractivity contribution in [2.75, 3.05) is 19.0 Å². The maximum absolute atomic E-state index is 13.8. The Morgan fingerprint density at radius 1 is 1.28 bits per heavy atom. The summed E-state index contributed by atoms with van der Waals surface area (Å²) >= 11 is 0. The molecular formula is C20H23FN2O2. The summed E-state index contributed by atoms with van der Waals surface area (Å²) in [6, 6.07) is 15.6. The van der Waals surface area contributed by atoms with Crippen molar-refractivity contribution in [3.05, 3.63) is 65.5 Å². The summed E-state index contributed by atoms with van der Waals surface area (Å²) in [6.45, 7) is 4.03. The molecule has 132 valence electrons. The van der Waals surface area contributed by atoms with E-state index in [0.717, 1.165) is 25.2 Å². The monoisotopic (exact) mass is 342 g/mol. The van der Waals surface area contributed by atoms with Gasteiger partial charge in [-0.15, -0.1) is 0 Å². The van der Waals surface area contributed by atoms with Crippen LogP contribution in [0.15, 0.2) is 48.5 Å². The highest BCUT2D eigenvalue weighted by molar-refractivity contribution is 5.90. The molecule has 1 saturated heterocycles. The number of rotatable bonds is 5. The van der Waals surface area contributed by atoms with Gasteiger partial charge >= 0.3 is 5.97 Å². The number of methoxy groups -OCH3 is 1. The zero-order valence-electron chi connectivity index (χ0n) is 14.5. The van der Waals surface area contributed by atoms with Crippen molar-refractivity contribution in [3.8, 4) is 0 Å². The van der Waals surface area contributed by atoms with Crippen molar-refractivity contribution in [3.63, 3.8) is 0 Å². The lowest BCUT2D eigenvalue weighted by Crippen LogP contribution is -2.28. The van der Waals surface area contributed by atoms with E-state index in [4.69, 9.17) is 0 Å². The Labute approximate surface area is 147 Å². The van der Waals surface area contributed by atoms with Gasteiger partial charge in [0.1, 0.15) is 5.82 Å². The smallest absolute Gasteiger partial charge is 0.340 e. The van der Waals surface area contributed by atoms with Gasteiger partial charge < -0.3 is 10.1 Å². The van der Waals surface area contributed by atoms with Crippen LogP contribution in [0.5, 0.6) is 0 Å². The topological polar surface area (TPSA) is 41.6 Å². The van der Waals surface area contributed by atoms with Crippen molar-refractivity contribution in [2.24, 2.45) is 0 Å². The zero-order chi connectivity index (χ0) is 17.8. The fourth-order valence-corrected chi connectivity index (χ4v) is 3.36. The van der Waals surface area contributed by atoms with E-state index in [2.05, 4.69) is 46.1 Å². The van der Waals surface area contributed by atoms with E-state index >= 15 is 0 Å². The first-order valence-electron chi connectivity index (χ1n) is 8.49. The molecule has 2 atom stereocenters. The molecule has 0 aliphatic carbocycles. The predicted octanol–water partition coefficient (Wildman–Crippen LogP) is 3.69. The molecule has 5 heteroatoms. The normalized spacial score (nSPS) is 20.4. The molecule has 0 bridgehead atoms.